The third-order valence-corrected chi connectivity index (χ3v) is 7.63. The van der Waals surface area contributed by atoms with E-state index in [-0.39, 0.29) is 5.54 Å². The van der Waals surface area contributed by atoms with Crippen LogP contribution in [0, 0.1) is 17.8 Å². The van der Waals surface area contributed by atoms with Crippen LogP contribution in [-0.2, 0) is 12.4 Å². The van der Waals surface area contributed by atoms with Crippen LogP contribution < -0.4 is 5.32 Å². The first-order chi connectivity index (χ1) is 14.2. The highest BCUT2D eigenvalue weighted by Crippen LogP contribution is 2.56. The molecule has 0 amide bonds. The lowest BCUT2D eigenvalue weighted by atomic mass is 9.53. The number of halogens is 1. The van der Waals surface area contributed by atoms with Crippen LogP contribution in [0.4, 0.5) is 5.82 Å². The number of hydrogen-bond donors (Lipinski definition) is 1. The zero-order chi connectivity index (χ0) is 19.4. The molecule has 7 rings (SSSR count). The summed E-state index contributed by atoms with van der Waals surface area (Å²) in [6, 6.07) is 8.38. The summed E-state index contributed by atoms with van der Waals surface area (Å²) in [6.07, 6.45) is 11.8. The summed E-state index contributed by atoms with van der Waals surface area (Å²) in [6.45, 7) is 0.731. The van der Waals surface area contributed by atoms with Crippen molar-refractivity contribution in [3.05, 3.63) is 48.0 Å². The lowest BCUT2D eigenvalue weighted by Crippen LogP contribution is -2.54. The van der Waals surface area contributed by atoms with E-state index in [0.29, 0.717) is 5.88 Å². The summed E-state index contributed by atoms with van der Waals surface area (Å²) >= 11 is 6.00. The number of nitrogens with one attached hydrogen (secondary N) is 1. The maximum Gasteiger partial charge on any atom is 0.165 e. The SMILES string of the molecule is ClCc1cccc(Cn2cnc3c(NC45CC6CC(CC(C6)C4)C5)ncnc32)c1. The second kappa shape index (κ2) is 6.69. The van der Waals surface area contributed by atoms with Crippen LogP contribution in [0.3, 0.4) is 0 Å². The normalized spacial score (nSPS) is 30.2. The molecule has 4 aliphatic carbocycles. The van der Waals surface area contributed by atoms with Gasteiger partial charge in [0.25, 0.3) is 0 Å². The number of fused-ring (bicyclic) bond motifs is 1. The largest absolute Gasteiger partial charge is 0.363 e. The summed E-state index contributed by atoms with van der Waals surface area (Å²) < 4.78 is 2.11. The number of nitrogens with zero attached hydrogens (tertiary/aromatic N) is 4. The highest BCUT2D eigenvalue weighted by molar-refractivity contribution is 6.17. The van der Waals surface area contributed by atoms with Gasteiger partial charge < -0.3 is 9.88 Å². The lowest BCUT2D eigenvalue weighted by Gasteiger charge is -2.57. The minimum absolute atomic E-state index is 0.217. The van der Waals surface area contributed by atoms with Gasteiger partial charge >= 0.3 is 0 Å². The van der Waals surface area contributed by atoms with Gasteiger partial charge in [-0.25, -0.2) is 15.0 Å². The number of alkyl halides is 1. The molecule has 0 unspecified atom stereocenters. The predicted molar refractivity (Wildman–Crippen MR) is 115 cm³/mol. The predicted octanol–water partition coefficient (Wildman–Crippen LogP) is 4.99. The average molecular weight is 408 g/mol. The molecule has 0 atom stereocenters. The van der Waals surface area contributed by atoms with Gasteiger partial charge in [0.1, 0.15) is 11.8 Å². The molecule has 4 aliphatic rings. The summed E-state index contributed by atoms with van der Waals surface area (Å²) in [5.74, 6) is 4.14. The van der Waals surface area contributed by atoms with Crippen molar-refractivity contribution in [1.82, 2.24) is 19.5 Å². The van der Waals surface area contributed by atoms with E-state index in [1.165, 1.54) is 44.1 Å². The van der Waals surface area contributed by atoms with Crippen LogP contribution in [0.15, 0.2) is 36.9 Å². The van der Waals surface area contributed by atoms with Gasteiger partial charge in [-0.3, -0.25) is 0 Å². The molecule has 3 aromatic rings. The topological polar surface area (TPSA) is 55.6 Å². The molecule has 4 fully saturated rings. The Hall–Kier alpha value is -2.14. The Balaban J connectivity index is 1.30. The zero-order valence-electron chi connectivity index (χ0n) is 16.5. The van der Waals surface area contributed by atoms with Gasteiger partial charge in [0.15, 0.2) is 11.5 Å². The Morgan fingerprint density at radius 3 is 2.45 bits per heavy atom. The van der Waals surface area contributed by atoms with Gasteiger partial charge in [-0.15, -0.1) is 11.6 Å². The van der Waals surface area contributed by atoms with Crippen molar-refractivity contribution in [2.75, 3.05) is 5.32 Å². The van der Waals surface area contributed by atoms with Gasteiger partial charge in [0.05, 0.1) is 12.9 Å². The average Bonchev–Trinajstić information content (AvgIpc) is 3.11. The molecule has 0 radical (unpaired) electrons. The van der Waals surface area contributed by atoms with Gasteiger partial charge in [-0.05, 0) is 67.4 Å². The molecule has 1 aromatic carbocycles. The summed E-state index contributed by atoms with van der Waals surface area (Å²) in [5, 5.41) is 3.88. The van der Waals surface area contributed by atoms with E-state index in [1.807, 2.05) is 6.33 Å². The number of benzene rings is 1. The number of rotatable bonds is 5. The van der Waals surface area contributed by atoms with Crippen LogP contribution in [0.5, 0.6) is 0 Å². The summed E-state index contributed by atoms with van der Waals surface area (Å²) in [4.78, 5) is 13.9. The Kier molecular flexibility index (Phi) is 4.09. The molecule has 2 heterocycles. The van der Waals surface area contributed by atoms with Crippen molar-refractivity contribution in [1.29, 1.82) is 0 Å². The number of aromatic nitrogens is 4. The second-order valence-corrected chi connectivity index (χ2v) is 9.81. The monoisotopic (exact) mass is 407 g/mol. The minimum Gasteiger partial charge on any atom is -0.363 e. The molecule has 4 bridgehead atoms. The maximum absolute atomic E-state index is 6.00. The van der Waals surface area contributed by atoms with Crippen LogP contribution in [0.25, 0.3) is 11.2 Å². The van der Waals surface area contributed by atoms with Crippen molar-refractivity contribution in [3.8, 4) is 0 Å². The standard InChI is InChI=1S/C23H26ClN5/c24-11-15-2-1-3-16(4-15)12-29-14-27-20-21(25-13-26-22(20)29)28-23-8-17-5-18(9-23)7-19(6-17)10-23/h1-4,13-14,17-19H,5-12H2,(H,25,26,28). The van der Waals surface area contributed by atoms with E-state index < -0.39 is 0 Å². The molecule has 0 spiro atoms. The summed E-state index contributed by atoms with van der Waals surface area (Å²) in [7, 11) is 0. The molecule has 29 heavy (non-hydrogen) atoms. The van der Waals surface area contributed by atoms with E-state index in [1.54, 1.807) is 6.33 Å². The van der Waals surface area contributed by atoms with E-state index in [0.717, 1.165) is 46.8 Å². The molecular weight excluding hydrogens is 382 g/mol. The highest BCUT2D eigenvalue weighted by Gasteiger charge is 2.51. The molecule has 4 saturated carbocycles. The molecular formula is C23H26ClN5. The molecule has 5 nitrogen and oxygen atoms in total. The Morgan fingerprint density at radius 2 is 1.72 bits per heavy atom. The molecule has 2 aromatic heterocycles. The van der Waals surface area contributed by atoms with Crippen LogP contribution in [0.1, 0.15) is 49.7 Å². The van der Waals surface area contributed by atoms with Gasteiger partial charge in [-0.2, -0.15) is 0 Å². The Morgan fingerprint density at radius 1 is 1.00 bits per heavy atom. The fraction of sp³-hybridized carbons (Fsp3) is 0.522. The number of imidazole rings is 1. The molecule has 1 N–H and O–H groups in total. The van der Waals surface area contributed by atoms with Crippen LogP contribution in [0.2, 0.25) is 0 Å². The third kappa shape index (κ3) is 3.10. The van der Waals surface area contributed by atoms with Crippen molar-refractivity contribution < 1.29 is 0 Å². The first-order valence-electron chi connectivity index (χ1n) is 10.8. The van der Waals surface area contributed by atoms with E-state index >= 15 is 0 Å². The van der Waals surface area contributed by atoms with Crippen LogP contribution in [-0.4, -0.2) is 25.1 Å². The lowest BCUT2D eigenvalue weighted by molar-refractivity contribution is 0.0106. The first-order valence-corrected chi connectivity index (χ1v) is 11.3. The Bertz CT molecular complexity index is 1020. The second-order valence-electron chi connectivity index (χ2n) is 9.54. The quantitative estimate of drug-likeness (QED) is 0.605. The molecule has 6 heteroatoms. The van der Waals surface area contributed by atoms with Gasteiger partial charge in [0.2, 0.25) is 0 Å². The minimum atomic E-state index is 0.217. The van der Waals surface area contributed by atoms with Gasteiger partial charge in [-0.1, -0.05) is 24.3 Å². The van der Waals surface area contributed by atoms with E-state index in [9.17, 15) is 0 Å². The van der Waals surface area contributed by atoms with Crippen molar-refractivity contribution in [3.63, 3.8) is 0 Å². The molecule has 150 valence electrons. The number of anilines is 1. The van der Waals surface area contributed by atoms with E-state index in [2.05, 4.69) is 44.1 Å². The fourth-order valence-corrected chi connectivity index (χ4v) is 6.78. The van der Waals surface area contributed by atoms with Crippen molar-refractivity contribution in [2.45, 2.75) is 56.5 Å². The first kappa shape index (κ1) is 17.7. The fourth-order valence-electron chi connectivity index (χ4n) is 6.61. The third-order valence-electron chi connectivity index (χ3n) is 7.32. The van der Waals surface area contributed by atoms with Crippen LogP contribution >= 0.6 is 11.6 Å². The number of hydrogen-bond acceptors (Lipinski definition) is 4. The smallest absolute Gasteiger partial charge is 0.165 e. The molecule has 0 saturated heterocycles. The van der Waals surface area contributed by atoms with Gasteiger partial charge in [0, 0.05) is 11.4 Å². The van der Waals surface area contributed by atoms with E-state index in [4.69, 9.17) is 16.6 Å². The maximum atomic E-state index is 6.00. The molecule has 0 aliphatic heterocycles. The summed E-state index contributed by atoms with van der Waals surface area (Å²) in [5.41, 5.74) is 4.33. The van der Waals surface area contributed by atoms with Crippen molar-refractivity contribution in [2.24, 2.45) is 17.8 Å². The zero-order valence-corrected chi connectivity index (χ0v) is 17.3. The van der Waals surface area contributed by atoms with Crippen molar-refractivity contribution >= 4 is 28.6 Å². The highest BCUT2D eigenvalue weighted by atomic mass is 35.5. The Labute approximate surface area is 175 Å².